The fourth-order valence-corrected chi connectivity index (χ4v) is 4.81. The molecule has 2 heterocycles. The van der Waals surface area contributed by atoms with Crippen LogP contribution in [0.2, 0.25) is 0 Å². The van der Waals surface area contributed by atoms with Crippen LogP contribution >= 0.6 is 0 Å². The Bertz CT molecular complexity index is 1560. The van der Waals surface area contributed by atoms with Gasteiger partial charge in [0.25, 0.3) is 0 Å². The number of halogens is 2. The molecule has 0 spiro atoms. The van der Waals surface area contributed by atoms with Gasteiger partial charge in [-0.15, -0.1) is 0 Å². The quantitative estimate of drug-likeness (QED) is 0.249. The van der Waals surface area contributed by atoms with Crippen LogP contribution in [-0.2, 0) is 11.8 Å². The number of furan rings is 1. The largest absolute Gasteiger partial charge is 0.456 e. The minimum atomic E-state index is -2.40. The molecule has 0 unspecified atom stereocenters. The van der Waals surface area contributed by atoms with Crippen molar-refractivity contribution >= 4 is 21.7 Å². The number of rotatable bonds is 5. The number of nitrogens with zero attached hydrogens (tertiary/aromatic N) is 1. The molecule has 0 atom stereocenters. The summed E-state index contributed by atoms with van der Waals surface area (Å²) in [5.74, 6) is 0.702. The Kier molecular flexibility index (Phi) is 5.94. The second-order valence-electron chi connectivity index (χ2n) is 11.3. The lowest BCUT2D eigenvalue weighted by Gasteiger charge is -2.23. The average Bonchev–Trinajstić information content (AvgIpc) is 3.28. The van der Waals surface area contributed by atoms with Crippen LogP contribution in [-0.4, -0.2) is 11.4 Å². The molecule has 0 aliphatic heterocycles. The van der Waals surface area contributed by atoms with Gasteiger partial charge in [-0.3, -0.25) is 4.98 Å². The molecular weight excluding hydrogens is 452 g/mol. The molecule has 4 heteroatoms. The maximum Gasteiger partial charge on any atom is 0.243 e. The summed E-state index contributed by atoms with van der Waals surface area (Å²) in [4.78, 5) is 4.68. The van der Waals surface area contributed by atoms with Crippen molar-refractivity contribution in [2.45, 2.75) is 52.9 Å². The number of benzene rings is 3. The van der Waals surface area contributed by atoms with Gasteiger partial charge in [0.2, 0.25) is 6.43 Å². The van der Waals surface area contributed by atoms with Gasteiger partial charge in [-0.1, -0.05) is 71.0 Å². The van der Waals surface area contributed by atoms with Crippen LogP contribution in [0.4, 0.5) is 8.78 Å². The van der Waals surface area contributed by atoms with Gasteiger partial charge in [-0.25, -0.2) is 8.78 Å². The summed E-state index contributed by atoms with van der Waals surface area (Å²) < 4.78 is 33.3. The highest BCUT2D eigenvalue weighted by Gasteiger charge is 2.30. The Balaban J connectivity index is 1.58. The van der Waals surface area contributed by atoms with E-state index in [9.17, 15) is 8.78 Å². The molecule has 0 aliphatic carbocycles. The molecule has 0 saturated heterocycles. The smallest absolute Gasteiger partial charge is 0.243 e. The third kappa shape index (κ3) is 4.53. The average molecular weight is 484 g/mol. The van der Waals surface area contributed by atoms with Gasteiger partial charge < -0.3 is 4.42 Å². The van der Waals surface area contributed by atoms with E-state index in [0.29, 0.717) is 11.3 Å². The summed E-state index contributed by atoms with van der Waals surface area (Å²) in [6.07, 6.45) is -0.332. The molecule has 5 aromatic rings. The fraction of sp³-hybridized carbons (Fsp3) is 0.281. The van der Waals surface area contributed by atoms with Crippen molar-refractivity contribution in [1.82, 2.24) is 4.98 Å². The number of alkyl halides is 2. The first-order valence-electron chi connectivity index (χ1n) is 12.3. The minimum absolute atomic E-state index is 0.0195. The zero-order valence-corrected chi connectivity index (χ0v) is 21.4. The van der Waals surface area contributed by atoms with Crippen LogP contribution in [0.1, 0.15) is 45.7 Å². The first kappa shape index (κ1) is 24.2. The first-order valence-corrected chi connectivity index (χ1v) is 12.3. The Morgan fingerprint density at radius 2 is 1.58 bits per heavy atom. The second-order valence-corrected chi connectivity index (χ2v) is 11.3. The van der Waals surface area contributed by atoms with E-state index in [0.717, 1.165) is 27.8 Å². The topological polar surface area (TPSA) is 26.0 Å². The van der Waals surface area contributed by atoms with Crippen molar-refractivity contribution in [2.75, 3.05) is 0 Å². The van der Waals surface area contributed by atoms with E-state index in [2.05, 4.69) is 62.2 Å². The highest BCUT2D eigenvalue weighted by Crippen LogP contribution is 2.37. The predicted molar refractivity (Wildman–Crippen MR) is 145 cm³/mol. The number of pyridine rings is 1. The van der Waals surface area contributed by atoms with Crippen LogP contribution in [0.3, 0.4) is 0 Å². The zero-order chi connectivity index (χ0) is 25.7. The van der Waals surface area contributed by atoms with Crippen molar-refractivity contribution < 1.29 is 13.2 Å². The Hall–Kier alpha value is -3.53. The lowest BCUT2D eigenvalue weighted by atomic mass is 9.82. The van der Waals surface area contributed by atoms with E-state index in [1.54, 1.807) is 20.0 Å². The monoisotopic (exact) mass is 483 g/mol. The molecule has 0 saturated carbocycles. The molecule has 184 valence electrons. The van der Waals surface area contributed by atoms with Crippen molar-refractivity contribution in [2.24, 2.45) is 5.41 Å². The molecule has 0 N–H and O–H groups in total. The lowest BCUT2D eigenvalue weighted by Crippen LogP contribution is -2.24. The van der Waals surface area contributed by atoms with Crippen LogP contribution < -0.4 is 0 Å². The second kappa shape index (κ2) is 8.85. The van der Waals surface area contributed by atoms with Crippen LogP contribution in [0, 0.1) is 5.41 Å². The third-order valence-electron chi connectivity index (χ3n) is 6.90. The molecule has 2 aromatic heterocycles. The van der Waals surface area contributed by atoms with Gasteiger partial charge in [-0.05, 0) is 70.1 Å². The van der Waals surface area contributed by atoms with Crippen molar-refractivity contribution in [3.63, 3.8) is 0 Å². The van der Waals surface area contributed by atoms with Gasteiger partial charge in [-0.2, -0.15) is 0 Å². The van der Waals surface area contributed by atoms with Crippen LogP contribution in [0.25, 0.3) is 44.3 Å². The van der Waals surface area contributed by atoms with Crippen molar-refractivity contribution in [3.05, 3.63) is 90.1 Å². The number of hydrogen-bond donors (Lipinski definition) is 0. The van der Waals surface area contributed by atoms with Gasteiger partial charge in [0.15, 0.2) is 0 Å². The SMILES string of the molecule is CC(C)(C)c1cc(-c2cc(-c3cc4c(CC(C)(C)C(F)F)cccc4o3)ccn2)cc2ccccc12. The molecule has 0 bridgehead atoms. The van der Waals surface area contributed by atoms with E-state index >= 15 is 0 Å². The van der Waals surface area contributed by atoms with E-state index in [1.165, 1.54) is 16.3 Å². The minimum Gasteiger partial charge on any atom is -0.456 e. The summed E-state index contributed by atoms with van der Waals surface area (Å²) >= 11 is 0. The van der Waals surface area contributed by atoms with Gasteiger partial charge in [0.1, 0.15) is 11.3 Å². The summed E-state index contributed by atoms with van der Waals surface area (Å²) in [5, 5.41) is 3.31. The maximum absolute atomic E-state index is 13.5. The summed E-state index contributed by atoms with van der Waals surface area (Å²) in [6.45, 7) is 9.88. The Morgan fingerprint density at radius 3 is 2.33 bits per heavy atom. The Labute approximate surface area is 211 Å². The zero-order valence-electron chi connectivity index (χ0n) is 21.4. The highest BCUT2D eigenvalue weighted by molar-refractivity contribution is 5.91. The lowest BCUT2D eigenvalue weighted by molar-refractivity contribution is 0.0202. The molecule has 0 radical (unpaired) electrons. The maximum atomic E-state index is 13.5. The molecular formula is C32H31F2NO. The summed E-state index contributed by atoms with van der Waals surface area (Å²) in [5.41, 5.74) is 4.53. The predicted octanol–water partition coefficient (Wildman–Crippen LogP) is 9.45. The Morgan fingerprint density at radius 1 is 0.806 bits per heavy atom. The first-order chi connectivity index (χ1) is 17.0. The third-order valence-corrected chi connectivity index (χ3v) is 6.90. The molecule has 36 heavy (non-hydrogen) atoms. The van der Waals surface area contributed by atoms with Crippen LogP contribution in [0.5, 0.6) is 0 Å². The van der Waals surface area contributed by atoms with Gasteiger partial charge >= 0.3 is 0 Å². The van der Waals surface area contributed by atoms with Gasteiger partial charge in [0.05, 0.1) is 5.69 Å². The van der Waals surface area contributed by atoms with Crippen LogP contribution in [0.15, 0.2) is 83.4 Å². The molecule has 3 aromatic carbocycles. The molecule has 5 rings (SSSR count). The van der Waals surface area contributed by atoms with E-state index in [4.69, 9.17) is 4.42 Å². The molecule has 0 aliphatic rings. The molecule has 2 nitrogen and oxygen atoms in total. The molecule has 0 amide bonds. The van der Waals surface area contributed by atoms with Gasteiger partial charge in [0, 0.05) is 28.1 Å². The number of aromatic nitrogens is 1. The summed E-state index contributed by atoms with van der Waals surface area (Å²) in [6, 6.07) is 24.5. The van der Waals surface area contributed by atoms with E-state index in [-0.39, 0.29) is 11.8 Å². The normalized spacial score (nSPS) is 12.7. The van der Waals surface area contributed by atoms with Crippen molar-refractivity contribution in [1.29, 1.82) is 0 Å². The number of fused-ring (bicyclic) bond motifs is 2. The van der Waals surface area contributed by atoms with E-state index in [1.807, 2.05) is 36.4 Å². The fourth-order valence-electron chi connectivity index (χ4n) is 4.81. The summed E-state index contributed by atoms with van der Waals surface area (Å²) in [7, 11) is 0. The number of hydrogen-bond acceptors (Lipinski definition) is 2. The van der Waals surface area contributed by atoms with Crippen molar-refractivity contribution in [3.8, 4) is 22.6 Å². The standard InChI is InChI=1S/C32H31F2NO/c1-31(2,3)26-16-23(15-20-9-6-7-11-24(20)26)27-17-21(13-14-35-27)29-18-25-22(10-8-12-28(25)36-29)19-32(4,5)30(33)34/h6-18,30H,19H2,1-5H3. The highest BCUT2D eigenvalue weighted by atomic mass is 19.3. The van der Waals surface area contributed by atoms with E-state index < -0.39 is 11.8 Å². The molecule has 0 fully saturated rings.